The SMILES string of the molecule is Clc1c(Br)cccc1C(Cl)Cc1ccccc1. The molecule has 0 fully saturated rings. The molecule has 0 saturated carbocycles. The lowest BCUT2D eigenvalue weighted by atomic mass is 10.0. The third kappa shape index (κ3) is 3.25. The summed E-state index contributed by atoms with van der Waals surface area (Å²) in [5, 5.41) is 0.589. The summed E-state index contributed by atoms with van der Waals surface area (Å²) in [6.07, 6.45) is 0.776. The van der Waals surface area contributed by atoms with Crippen molar-refractivity contribution in [2.75, 3.05) is 0 Å². The van der Waals surface area contributed by atoms with Crippen molar-refractivity contribution in [3.05, 3.63) is 69.2 Å². The number of hydrogen-bond acceptors (Lipinski definition) is 0. The Bertz CT molecular complexity index is 497. The smallest absolute Gasteiger partial charge is 0.0640 e. The Morgan fingerprint density at radius 2 is 1.71 bits per heavy atom. The molecule has 1 atom stereocenters. The van der Waals surface area contributed by atoms with Gasteiger partial charge in [-0.25, -0.2) is 0 Å². The zero-order valence-electron chi connectivity index (χ0n) is 9.04. The molecule has 0 saturated heterocycles. The Hall–Kier alpha value is -0.500. The van der Waals surface area contributed by atoms with Crippen LogP contribution in [-0.2, 0) is 6.42 Å². The second-order valence-electron chi connectivity index (χ2n) is 3.80. The molecule has 0 radical (unpaired) electrons. The fourth-order valence-electron chi connectivity index (χ4n) is 1.69. The summed E-state index contributed by atoms with van der Waals surface area (Å²) in [5.41, 5.74) is 2.18. The zero-order valence-corrected chi connectivity index (χ0v) is 12.1. The van der Waals surface area contributed by atoms with Gasteiger partial charge in [0.1, 0.15) is 0 Å². The van der Waals surface area contributed by atoms with Gasteiger partial charge >= 0.3 is 0 Å². The van der Waals surface area contributed by atoms with E-state index >= 15 is 0 Å². The zero-order chi connectivity index (χ0) is 12.3. The Balaban J connectivity index is 2.20. The number of hydrogen-bond donors (Lipinski definition) is 0. The largest absolute Gasteiger partial charge is 0.117 e. The molecule has 0 nitrogen and oxygen atoms in total. The van der Waals surface area contributed by atoms with Crippen molar-refractivity contribution in [3.63, 3.8) is 0 Å². The monoisotopic (exact) mass is 328 g/mol. The highest BCUT2D eigenvalue weighted by Crippen LogP contribution is 2.34. The Morgan fingerprint density at radius 1 is 1.00 bits per heavy atom. The van der Waals surface area contributed by atoms with E-state index in [0.717, 1.165) is 16.5 Å². The molecule has 3 heteroatoms. The molecule has 1 unspecified atom stereocenters. The summed E-state index contributed by atoms with van der Waals surface area (Å²) in [7, 11) is 0. The molecule has 0 spiro atoms. The lowest BCUT2D eigenvalue weighted by Gasteiger charge is -2.12. The van der Waals surface area contributed by atoms with Gasteiger partial charge in [0, 0.05) is 4.47 Å². The lowest BCUT2D eigenvalue weighted by molar-refractivity contribution is 0.919. The first-order valence-corrected chi connectivity index (χ1v) is 6.91. The van der Waals surface area contributed by atoms with Crippen LogP contribution in [0.15, 0.2) is 53.0 Å². The number of benzene rings is 2. The summed E-state index contributed by atoms with van der Waals surface area (Å²) in [5.74, 6) is 0. The normalized spacial score (nSPS) is 12.4. The summed E-state index contributed by atoms with van der Waals surface area (Å²) >= 11 is 16.0. The van der Waals surface area contributed by atoms with Crippen molar-refractivity contribution in [3.8, 4) is 0 Å². The molecular formula is C14H11BrCl2. The summed E-state index contributed by atoms with van der Waals surface area (Å²) in [6, 6.07) is 16.0. The van der Waals surface area contributed by atoms with Gasteiger partial charge in [-0.15, -0.1) is 11.6 Å². The third-order valence-electron chi connectivity index (χ3n) is 2.58. The van der Waals surface area contributed by atoms with Gasteiger partial charge in [0.2, 0.25) is 0 Å². The summed E-state index contributed by atoms with van der Waals surface area (Å²) in [6.45, 7) is 0. The van der Waals surface area contributed by atoms with Gasteiger partial charge in [0.15, 0.2) is 0 Å². The van der Waals surface area contributed by atoms with Crippen LogP contribution < -0.4 is 0 Å². The summed E-state index contributed by atoms with van der Waals surface area (Å²) in [4.78, 5) is 0. The maximum absolute atomic E-state index is 6.41. The summed E-state index contributed by atoms with van der Waals surface area (Å²) < 4.78 is 0.885. The Labute approximate surface area is 120 Å². The molecule has 0 amide bonds. The van der Waals surface area contributed by atoms with Gasteiger partial charge in [-0.05, 0) is 39.5 Å². The standard InChI is InChI=1S/C14H11BrCl2/c15-12-8-4-7-11(14(12)17)13(16)9-10-5-2-1-3-6-10/h1-8,13H,9H2. The number of halogens is 3. The topological polar surface area (TPSA) is 0 Å². The first-order chi connectivity index (χ1) is 8.18. The van der Waals surface area contributed by atoms with E-state index in [0.29, 0.717) is 5.02 Å². The molecule has 0 aliphatic carbocycles. The van der Waals surface area contributed by atoms with E-state index in [4.69, 9.17) is 23.2 Å². The molecular weight excluding hydrogens is 319 g/mol. The van der Waals surface area contributed by atoms with Crippen molar-refractivity contribution in [2.45, 2.75) is 11.8 Å². The average Bonchev–Trinajstić information content (AvgIpc) is 2.34. The minimum Gasteiger partial charge on any atom is -0.117 e. The first kappa shape index (κ1) is 12.9. The van der Waals surface area contributed by atoms with Gasteiger partial charge in [-0.3, -0.25) is 0 Å². The average molecular weight is 330 g/mol. The van der Waals surface area contributed by atoms with Crippen LogP contribution in [-0.4, -0.2) is 0 Å². The van der Waals surface area contributed by atoms with Crippen LogP contribution in [0.25, 0.3) is 0 Å². The van der Waals surface area contributed by atoms with Crippen LogP contribution >= 0.6 is 39.1 Å². The van der Waals surface area contributed by atoms with Crippen LogP contribution in [0.2, 0.25) is 5.02 Å². The Kier molecular flexibility index (Phi) is 4.49. The minimum atomic E-state index is -0.109. The van der Waals surface area contributed by atoms with Crippen LogP contribution in [0.3, 0.4) is 0 Å². The van der Waals surface area contributed by atoms with Gasteiger partial charge in [0.25, 0.3) is 0 Å². The quantitative estimate of drug-likeness (QED) is 0.640. The lowest BCUT2D eigenvalue weighted by Crippen LogP contribution is -1.97. The molecule has 0 N–H and O–H groups in total. The molecule has 0 heterocycles. The van der Waals surface area contributed by atoms with Crippen LogP contribution in [0, 0.1) is 0 Å². The molecule has 2 rings (SSSR count). The maximum atomic E-state index is 6.41. The fourth-order valence-corrected chi connectivity index (χ4v) is 2.75. The number of rotatable bonds is 3. The minimum absolute atomic E-state index is 0.109. The second kappa shape index (κ2) is 5.90. The van der Waals surface area contributed by atoms with Crippen molar-refractivity contribution < 1.29 is 0 Å². The molecule has 0 aliphatic rings. The van der Waals surface area contributed by atoms with Crippen molar-refractivity contribution >= 4 is 39.1 Å². The van der Waals surface area contributed by atoms with E-state index in [2.05, 4.69) is 28.1 Å². The van der Waals surface area contributed by atoms with Gasteiger partial charge in [-0.2, -0.15) is 0 Å². The van der Waals surface area contributed by atoms with Gasteiger partial charge < -0.3 is 0 Å². The maximum Gasteiger partial charge on any atom is 0.0640 e. The van der Waals surface area contributed by atoms with E-state index in [1.807, 2.05) is 36.4 Å². The first-order valence-electron chi connectivity index (χ1n) is 5.30. The molecule has 88 valence electrons. The molecule has 0 aromatic heterocycles. The van der Waals surface area contributed by atoms with Crippen molar-refractivity contribution in [1.29, 1.82) is 0 Å². The highest BCUT2D eigenvalue weighted by atomic mass is 79.9. The molecule has 2 aromatic rings. The van der Waals surface area contributed by atoms with Crippen molar-refractivity contribution in [1.82, 2.24) is 0 Å². The van der Waals surface area contributed by atoms with E-state index in [1.165, 1.54) is 5.56 Å². The number of alkyl halides is 1. The third-order valence-corrected chi connectivity index (χ3v) is 4.28. The fraction of sp³-hybridized carbons (Fsp3) is 0.143. The molecule has 0 aliphatic heterocycles. The highest BCUT2D eigenvalue weighted by molar-refractivity contribution is 9.10. The predicted molar refractivity (Wildman–Crippen MR) is 77.9 cm³/mol. The van der Waals surface area contributed by atoms with Crippen LogP contribution in [0.5, 0.6) is 0 Å². The van der Waals surface area contributed by atoms with E-state index in [9.17, 15) is 0 Å². The van der Waals surface area contributed by atoms with E-state index in [1.54, 1.807) is 0 Å². The highest BCUT2D eigenvalue weighted by Gasteiger charge is 2.13. The van der Waals surface area contributed by atoms with Crippen molar-refractivity contribution in [2.24, 2.45) is 0 Å². The van der Waals surface area contributed by atoms with E-state index in [-0.39, 0.29) is 5.38 Å². The molecule has 17 heavy (non-hydrogen) atoms. The van der Waals surface area contributed by atoms with E-state index < -0.39 is 0 Å². The Morgan fingerprint density at radius 3 is 2.41 bits per heavy atom. The predicted octanol–water partition coefficient (Wildman–Crippen LogP) is 5.63. The van der Waals surface area contributed by atoms with Crippen LogP contribution in [0.4, 0.5) is 0 Å². The molecule has 2 aromatic carbocycles. The molecule has 0 bridgehead atoms. The van der Waals surface area contributed by atoms with Crippen LogP contribution in [0.1, 0.15) is 16.5 Å². The van der Waals surface area contributed by atoms with Gasteiger partial charge in [0.05, 0.1) is 10.4 Å². The second-order valence-corrected chi connectivity index (χ2v) is 5.56. The van der Waals surface area contributed by atoms with Gasteiger partial charge in [-0.1, -0.05) is 54.1 Å².